The molecule has 0 aliphatic carbocycles. The molecule has 1 heterocycles. The Morgan fingerprint density at radius 2 is 1.90 bits per heavy atom. The van der Waals surface area contributed by atoms with Crippen LogP contribution >= 0.6 is 0 Å². The van der Waals surface area contributed by atoms with E-state index in [1.165, 1.54) is 11.1 Å². The van der Waals surface area contributed by atoms with Gasteiger partial charge >= 0.3 is 0 Å². The van der Waals surface area contributed by atoms with Crippen LogP contribution in [0.5, 0.6) is 0 Å². The molecular formula is C18H32O2. The predicted octanol–water partition coefficient (Wildman–Crippen LogP) is 5.25. The Morgan fingerprint density at radius 3 is 2.50 bits per heavy atom. The lowest BCUT2D eigenvalue weighted by molar-refractivity contribution is -0.251. The Labute approximate surface area is 125 Å². The van der Waals surface area contributed by atoms with Crippen LogP contribution in [0.2, 0.25) is 0 Å². The summed E-state index contributed by atoms with van der Waals surface area (Å²) < 4.78 is 11.7. The molecule has 1 fully saturated rings. The normalized spacial score (nSPS) is 24.6. The Kier molecular flexibility index (Phi) is 6.97. The minimum Gasteiger partial charge on any atom is -0.352 e. The van der Waals surface area contributed by atoms with E-state index in [0.717, 1.165) is 32.3 Å². The molecule has 2 atom stereocenters. The Bertz CT molecular complexity index is 348. The maximum absolute atomic E-state index is 5.93. The first-order valence-corrected chi connectivity index (χ1v) is 7.87. The Hall–Kier alpha value is -0.600. The Balaban J connectivity index is 2.46. The molecule has 20 heavy (non-hydrogen) atoms. The van der Waals surface area contributed by atoms with Gasteiger partial charge in [-0.2, -0.15) is 0 Å². The average molecular weight is 280 g/mol. The zero-order chi connectivity index (χ0) is 15.2. The molecular weight excluding hydrogens is 248 g/mol. The molecule has 1 aliphatic heterocycles. The van der Waals surface area contributed by atoms with Crippen LogP contribution < -0.4 is 0 Å². The van der Waals surface area contributed by atoms with Crippen LogP contribution in [0.3, 0.4) is 0 Å². The second-order valence-corrected chi connectivity index (χ2v) is 7.00. The number of allylic oxidation sites excluding steroid dienone is 4. The van der Waals surface area contributed by atoms with Crippen LogP contribution in [-0.2, 0) is 9.47 Å². The lowest BCUT2D eigenvalue weighted by Crippen LogP contribution is -2.41. The van der Waals surface area contributed by atoms with Gasteiger partial charge in [-0.3, -0.25) is 0 Å². The van der Waals surface area contributed by atoms with Gasteiger partial charge in [-0.25, -0.2) is 0 Å². The molecule has 1 rings (SSSR count). The molecule has 0 bridgehead atoms. The molecule has 0 N–H and O–H groups in total. The zero-order valence-corrected chi connectivity index (χ0v) is 14.2. The third-order valence-electron chi connectivity index (χ3n) is 3.86. The molecule has 0 aromatic rings. The number of ether oxygens (including phenoxy) is 2. The highest BCUT2D eigenvalue weighted by molar-refractivity contribution is 5.03. The SMILES string of the molecule is CC(C)=CCCC(C)=CCC(C)(C)C1OCCC(C)O1. The summed E-state index contributed by atoms with van der Waals surface area (Å²) in [6, 6.07) is 0. The first-order chi connectivity index (χ1) is 9.31. The number of rotatable bonds is 6. The smallest absolute Gasteiger partial charge is 0.163 e. The average Bonchev–Trinajstić information content (AvgIpc) is 2.36. The van der Waals surface area contributed by atoms with E-state index < -0.39 is 0 Å². The van der Waals surface area contributed by atoms with Gasteiger partial charge in [-0.1, -0.05) is 37.1 Å². The van der Waals surface area contributed by atoms with Gasteiger partial charge in [0.05, 0.1) is 12.7 Å². The monoisotopic (exact) mass is 280 g/mol. The second-order valence-electron chi connectivity index (χ2n) is 7.00. The summed E-state index contributed by atoms with van der Waals surface area (Å²) in [5, 5.41) is 0. The molecule has 0 amide bonds. The lowest BCUT2D eigenvalue weighted by atomic mass is 9.86. The highest BCUT2D eigenvalue weighted by atomic mass is 16.7. The minimum atomic E-state index is -0.0758. The van der Waals surface area contributed by atoms with Crippen molar-refractivity contribution in [1.82, 2.24) is 0 Å². The van der Waals surface area contributed by atoms with Gasteiger partial charge in [0.15, 0.2) is 6.29 Å². The number of hydrogen-bond acceptors (Lipinski definition) is 2. The van der Waals surface area contributed by atoms with Crippen molar-refractivity contribution >= 4 is 0 Å². The molecule has 0 saturated carbocycles. The molecule has 1 saturated heterocycles. The lowest BCUT2D eigenvalue weighted by Gasteiger charge is -2.38. The van der Waals surface area contributed by atoms with E-state index in [2.05, 4.69) is 53.7 Å². The minimum absolute atomic E-state index is 0.0342. The van der Waals surface area contributed by atoms with Gasteiger partial charge in [0, 0.05) is 5.41 Å². The van der Waals surface area contributed by atoms with Gasteiger partial charge in [0.25, 0.3) is 0 Å². The first-order valence-electron chi connectivity index (χ1n) is 7.87. The summed E-state index contributed by atoms with van der Waals surface area (Å²) in [6.07, 6.45) is 9.18. The van der Waals surface area contributed by atoms with Gasteiger partial charge in [0.2, 0.25) is 0 Å². The van der Waals surface area contributed by atoms with Crippen LogP contribution in [0.15, 0.2) is 23.3 Å². The fourth-order valence-electron chi connectivity index (χ4n) is 2.29. The topological polar surface area (TPSA) is 18.5 Å². The number of hydrogen-bond donors (Lipinski definition) is 0. The predicted molar refractivity (Wildman–Crippen MR) is 85.7 cm³/mol. The van der Waals surface area contributed by atoms with Crippen LogP contribution in [0, 0.1) is 5.41 Å². The van der Waals surface area contributed by atoms with E-state index in [-0.39, 0.29) is 11.7 Å². The maximum Gasteiger partial charge on any atom is 0.163 e. The Morgan fingerprint density at radius 1 is 1.20 bits per heavy atom. The van der Waals surface area contributed by atoms with Gasteiger partial charge in [-0.15, -0.1) is 0 Å². The third kappa shape index (κ3) is 6.23. The fraction of sp³-hybridized carbons (Fsp3) is 0.778. The zero-order valence-electron chi connectivity index (χ0n) is 14.2. The van der Waals surface area contributed by atoms with E-state index in [0.29, 0.717) is 6.10 Å². The van der Waals surface area contributed by atoms with Crippen LogP contribution in [0.25, 0.3) is 0 Å². The van der Waals surface area contributed by atoms with E-state index in [4.69, 9.17) is 9.47 Å². The summed E-state index contributed by atoms with van der Waals surface area (Å²) in [6.45, 7) is 13.9. The molecule has 2 heteroatoms. The quantitative estimate of drug-likeness (QED) is 0.619. The molecule has 0 aromatic heterocycles. The summed E-state index contributed by atoms with van der Waals surface area (Å²) in [4.78, 5) is 0. The van der Waals surface area contributed by atoms with E-state index in [9.17, 15) is 0 Å². The maximum atomic E-state index is 5.93. The molecule has 1 aliphatic rings. The van der Waals surface area contributed by atoms with Crippen molar-refractivity contribution in [1.29, 1.82) is 0 Å². The van der Waals surface area contributed by atoms with Crippen molar-refractivity contribution in [3.05, 3.63) is 23.3 Å². The van der Waals surface area contributed by atoms with Crippen LogP contribution in [0.4, 0.5) is 0 Å². The van der Waals surface area contributed by atoms with Gasteiger partial charge in [-0.05, 0) is 53.4 Å². The van der Waals surface area contributed by atoms with Crippen LogP contribution in [-0.4, -0.2) is 19.0 Å². The highest BCUT2D eigenvalue weighted by Crippen LogP contribution is 2.33. The molecule has 116 valence electrons. The largest absolute Gasteiger partial charge is 0.352 e. The van der Waals surface area contributed by atoms with Crippen molar-refractivity contribution in [2.45, 2.75) is 79.6 Å². The third-order valence-corrected chi connectivity index (χ3v) is 3.86. The van der Waals surface area contributed by atoms with E-state index >= 15 is 0 Å². The standard InChI is InChI=1S/C18H32O2/c1-14(2)8-7-9-15(3)10-12-18(5,6)17-19-13-11-16(4)20-17/h8,10,16-17H,7,9,11-13H2,1-6H3. The first kappa shape index (κ1) is 17.5. The summed E-state index contributed by atoms with van der Waals surface area (Å²) in [7, 11) is 0. The molecule has 0 radical (unpaired) electrons. The van der Waals surface area contributed by atoms with E-state index in [1.54, 1.807) is 0 Å². The molecule has 0 spiro atoms. The van der Waals surface area contributed by atoms with Crippen molar-refractivity contribution in [3.8, 4) is 0 Å². The summed E-state index contributed by atoms with van der Waals surface area (Å²) in [5.74, 6) is 0. The molecule has 0 aromatic carbocycles. The summed E-state index contributed by atoms with van der Waals surface area (Å²) in [5.41, 5.74) is 2.89. The van der Waals surface area contributed by atoms with Crippen molar-refractivity contribution in [2.75, 3.05) is 6.61 Å². The van der Waals surface area contributed by atoms with E-state index in [1.807, 2.05) is 0 Å². The van der Waals surface area contributed by atoms with Gasteiger partial charge in [0.1, 0.15) is 0 Å². The highest BCUT2D eigenvalue weighted by Gasteiger charge is 2.34. The van der Waals surface area contributed by atoms with Crippen LogP contribution in [0.1, 0.15) is 67.2 Å². The second kappa shape index (κ2) is 7.99. The fourth-order valence-corrected chi connectivity index (χ4v) is 2.29. The molecule has 2 nitrogen and oxygen atoms in total. The molecule has 2 unspecified atom stereocenters. The van der Waals surface area contributed by atoms with Crippen molar-refractivity contribution < 1.29 is 9.47 Å². The van der Waals surface area contributed by atoms with Crippen molar-refractivity contribution in [3.63, 3.8) is 0 Å². The van der Waals surface area contributed by atoms with Crippen molar-refractivity contribution in [2.24, 2.45) is 5.41 Å². The van der Waals surface area contributed by atoms with Gasteiger partial charge < -0.3 is 9.47 Å². The summed E-state index contributed by atoms with van der Waals surface area (Å²) >= 11 is 0.